The fourth-order valence-electron chi connectivity index (χ4n) is 6.15. The Balaban J connectivity index is 1.78. The SMILES string of the molecule is CCN1c2cc(O)c(C(=C\CC(C)(C)C)/C=C/C=C3/N(C)c4ccccc4C3(C)C)cc2C(C)=CC1(C)C. The van der Waals surface area contributed by atoms with E-state index < -0.39 is 0 Å². The van der Waals surface area contributed by atoms with Gasteiger partial charge in [-0.05, 0) is 74.4 Å². The minimum Gasteiger partial charge on any atom is -0.507 e. The number of nitrogens with zero attached hydrogens (tertiary/aromatic N) is 2. The van der Waals surface area contributed by atoms with Crippen molar-refractivity contribution in [2.24, 2.45) is 5.41 Å². The number of hydrogen-bond donors (Lipinski definition) is 1. The quantitative estimate of drug-likeness (QED) is 0.406. The van der Waals surface area contributed by atoms with Gasteiger partial charge in [-0.1, -0.05) is 77.1 Å². The average Bonchev–Trinajstić information content (AvgIpc) is 3.01. The van der Waals surface area contributed by atoms with Crippen molar-refractivity contribution in [3.8, 4) is 5.75 Å². The maximum Gasteiger partial charge on any atom is 0.125 e. The number of fused-ring (bicyclic) bond motifs is 2. The summed E-state index contributed by atoms with van der Waals surface area (Å²) in [6.45, 7) is 21.0. The van der Waals surface area contributed by atoms with E-state index >= 15 is 0 Å². The van der Waals surface area contributed by atoms with Gasteiger partial charge in [0.2, 0.25) is 0 Å². The van der Waals surface area contributed by atoms with E-state index in [0.29, 0.717) is 5.75 Å². The number of likely N-dealkylation sites (N-methyl/N-ethyl adjacent to an activating group) is 2. The van der Waals surface area contributed by atoms with Crippen LogP contribution in [0.2, 0.25) is 0 Å². The molecule has 0 radical (unpaired) electrons. The normalized spacial score (nSPS) is 19.7. The monoisotopic (exact) mass is 510 g/mol. The van der Waals surface area contributed by atoms with Gasteiger partial charge in [0.05, 0.1) is 5.54 Å². The Morgan fingerprint density at radius 2 is 1.71 bits per heavy atom. The zero-order valence-corrected chi connectivity index (χ0v) is 25.1. The lowest BCUT2D eigenvalue weighted by molar-refractivity contribution is 0.421. The molecule has 2 aliphatic rings. The number of para-hydroxylation sites is 1. The van der Waals surface area contributed by atoms with Crippen LogP contribution in [0.1, 0.15) is 85.4 Å². The van der Waals surface area contributed by atoms with E-state index in [9.17, 15) is 5.11 Å². The van der Waals surface area contributed by atoms with Crippen molar-refractivity contribution < 1.29 is 5.11 Å². The van der Waals surface area contributed by atoms with E-state index in [1.54, 1.807) is 0 Å². The molecule has 202 valence electrons. The third-order valence-electron chi connectivity index (χ3n) is 8.13. The zero-order valence-electron chi connectivity index (χ0n) is 25.1. The number of hydrogen-bond acceptors (Lipinski definition) is 3. The van der Waals surface area contributed by atoms with E-state index in [2.05, 4.69) is 140 Å². The second-order valence-electron chi connectivity index (χ2n) is 13.1. The van der Waals surface area contributed by atoms with Crippen LogP contribution in [0, 0.1) is 5.41 Å². The number of rotatable bonds is 5. The first-order valence-electron chi connectivity index (χ1n) is 13.9. The van der Waals surface area contributed by atoms with Crippen molar-refractivity contribution in [3.63, 3.8) is 0 Å². The summed E-state index contributed by atoms with van der Waals surface area (Å²) >= 11 is 0. The maximum absolute atomic E-state index is 11.3. The second kappa shape index (κ2) is 9.84. The van der Waals surface area contributed by atoms with Crippen molar-refractivity contribution in [1.82, 2.24) is 0 Å². The molecule has 0 saturated carbocycles. The molecule has 2 aliphatic heterocycles. The largest absolute Gasteiger partial charge is 0.507 e. The first-order valence-corrected chi connectivity index (χ1v) is 13.9. The van der Waals surface area contributed by atoms with Crippen LogP contribution in [-0.4, -0.2) is 24.2 Å². The summed E-state index contributed by atoms with van der Waals surface area (Å²) in [5, 5.41) is 11.3. The number of phenolic OH excluding ortho intramolecular Hbond substituents is 1. The average molecular weight is 511 g/mol. The standard InChI is InChI=1S/C35H46N2O/c1-11-37-30-22-31(38)27(21-26(30)24(2)23-34(37,6)7)25(19-20-33(3,4)5)15-14-18-32-35(8,9)28-16-12-13-17-29(28)36(32)10/h12-19,21-23,38H,11,20H2,1-10H3/b15-14+,25-19-,32-18+. The highest BCUT2D eigenvalue weighted by atomic mass is 16.3. The molecule has 3 heteroatoms. The molecule has 3 nitrogen and oxygen atoms in total. The molecule has 0 bridgehead atoms. The molecule has 2 aromatic carbocycles. The molecular formula is C35H46N2O. The van der Waals surface area contributed by atoms with Crippen LogP contribution < -0.4 is 9.80 Å². The molecule has 0 aliphatic carbocycles. The molecular weight excluding hydrogens is 464 g/mol. The zero-order chi connectivity index (χ0) is 28.0. The van der Waals surface area contributed by atoms with Crippen molar-refractivity contribution >= 4 is 22.5 Å². The Bertz CT molecular complexity index is 1340. The first kappa shape index (κ1) is 27.8. The fourth-order valence-corrected chi connectivity index (χ4v) is 6.15. The van der Waals surface area contributed by atoms with Crippen LogP contribution in [0.5, 0.6) is 5.75 Å². The molecule has 0 fully saturated rings. The van der Waals surface area contributed by atoms with Crippen LogP contribution in [-0.2, 0) is 5.41 Å². The molecule has 2 aromatic rings. The molecule has 0 aromatic heterocycles. The molecule has 4 rings (SSSR count). The molecule has 1 N–H and O–H groups in total. The molecule has 2 heterocycles. The van der Waals surface area contributed by atoms with E-state index in [1.165, 1.54) is 28.1 Å². The maximum atomic E-state index is 11.3. The molecule has 0 atom stereocenters. The molecule has 0 amide bonds. The third kappa shape index (κ3) is 5.08. The van der Waals surface area contributed by atoms with Crippen molar-refractivity contribution in [1.29, 1.82) is 0 Å². The van der Waals surface area contributed by atoms with Gasteiger partial charge in [-0.25, -0.2) is 0 Å². The van der Waals surface area contributed by atoms with Crippen LogP contribution in [0.4, 0.5) is 11.4 Å². The topological polar surface area (TPSA) is 26.7 Å². The van der Waals surface area contributed by atoms with E-state index in [-0.39, 0.29) is 16.4 Å². The van der Waals surface area contributed by atoms with E-state index in [0.717, 1.165) is 29.8 Å². The minimum atomic E-state index is -0.0888. The van der Waals surface area contributed by atoms with Gasteiger partial charge in [-0.2, -0.15) is 0 Å². The lowest BCUT2D eigenvalue weighted by atomic mass is 9.83. The van der Waals surface area contributed by atoms with Gasteiger partial charge in [0.15, 0.2) is 0 Å². The summed E-state index contributed by atoms with van der Waals surface area (Å²) in [5.74, 6) is 0.330. The van der Waals surface area contributed by atoms with Crippen LogP contribution in [0.3, 0.4) is 0 Å². The summed E-state index contributed by atoms with van der Waals surface area (Å²) in [7, 11) is 2.15. The van der Waals surface area contributed by atoms with E-state index in [4.69, 9.17) is 0 Å². The first-order chi connectivity index (χ1) is 17.7. The number of anilines is 2. The predicted octanol–water partition coefficient (Wildman–Crippen LogP) is 9.10. The van der Waals surface area contributed by atoms with Crippen molar-refractivity contribution in [2.45, 2.75) is 79.7 Å². The smallest absolute Gasteiger partial charge is 0.125 e. The number of allylic oxidation sites excluding steroid dienone is 7. The summed E-state index contributed by atoms with van der Waals surface area (Å²) < 4.78 is 0. The Morgan fingerprint density at radius 1 is 1.03 bits per heavy atom. The van der Waals surface area contributed by atoms with Gasteiger partial charge in [0.25, 0.3) is 0 Å². The van der Waals surface area contributed by atoms with Gasteiger partial charge in [0, 0.05) is 53.3 Å². The number of benzene rings is 2. The number of phenols is 1. The van der Waals surface area contributed by atoms with Gasteiger partial charge < -0.3 is 14.9 Å². The predicted molar refractivity (Wildman–Crippen MR) is 166 cm³/mol. The van der Waals surface area contributed by atoms with Gasteiger partial charge >= 0.3 is 0 Å². The van der Waals surface area contributed by atoms with Gasteiger partial charge in [-0.3, -0.25) is 0 Å². The number of aromatic hydroxyl groups is 1. The van der Waals surface area contributed by atoms with Crippen LogP contribution in [0.15, 0.2) is 72.5 Å². The summed E-state index contributed by atoms with van der Waals surface area (Å²) in [6.07, 6.45) is 12.1. The van der Waals surface area contributed by atoms with Crippen LogP contribution >= 0.6 is 0 Å². The third-order valence-corrected chi connectivity index (χ3v) is 8.13. The lowest BCUT2D eigenvalue weighted by Crippen LogP contribution is -2.44. The Labute approximate surface area is 230 Å². The fraction of sp³-hybridized carbons (Fsp3) is 0.429. The molecule has 0 spiro atoms. The highest BCUT2D eigenvalue weighted by Gasteiger charge is 2.37. The molecule has 0 unspecified atom stereocenters. The Kier molecular flexibility index (Phi) is 7.20. The highest BCUT2D eigenvalue weighted by Crippen LogP contribution is 2.47. The lowest BCUT2D eigenvalue weighted by Gasteiger charge is -2.43. The van der Waals surface area contributed by atoms with Crippen molar-refractivity contribution in [2.75, 3.05) is 23.4 Å². The van der Waals surface area contributed by atoms with Gasteiger partial charge in [-0.15, -0.1) is 0 Å². The summed E-state index contributed by atoms with van der Waals surface area (Å²) in [4.78, 5) is 4.66. The van der Waals surface area contributed by atoms with Crippen molar-refractivity contribution in [3.05, 3.63) is 89.2 Å². The Hall–Kier alpha value is -3.20. The Morgan fingerprint density at radius 3 is 2.34 bits per heavy atom. The van der Waals surface area contributed by atoms with E-state index in [1.807, 2.05) is 6.07 Å². The van der Waals surface area contributed by atoms with Gasteiger partial charge in [0.1, 0.15) is 5.75 Å². The molecule has 38 heavy (non-hydrogen) atoms. The summed E-state index contributed by atoms with van der Waals surface area (Å²) in [5.41, 5.74) is 9.35. The second-order valence-corrected chi connectivity index (χ2v) is 13.1. The van der Waals surface area contributed by atoms with Crippen LogP contribution in [0.25, 0.3) is 11.1 Å². The molecule has 0 saturated heterocycles. The highest BCUT2D eigenvalue weighted by molar-refractivity contribution is 5.88. The summed E-state index contributed by atoms with van der Waals surface area (Å²) in [6, 6.07) is 12.8. The minimum absolute atomic E-state index is 0.0722.